The molecule has 0 aliphatic rings. The Morgan fingerprint density at radius 3 is 2.65 bits per heavy atom. The number of halogens is 1. The van der Waals surface area contributed by atoms with E-state index in [1.165, 1.54) is 11.1 Å². The maximum atomic E-state index is 6.13. The molecule has 4 rings (SSSR count). The standard InChI is InChI=1S/C18H13ClN2S2/c1-10-8-12-18(17(11(10)2)15-5-6-16(19)23-15)20-9-13(21-12)14-4-3-7-22-14/h3-9H,1-2H3. The molecule has 0 saturated carbocycles. The van der Waals surface area contributed by atoms with Crippen LogP contribution >= 0.6 is 34.3 Å². The molecule has 4 aromatic rings. The molecular weight excluding hydrogens is 344 g/mol. The van der Waals surface area contributed by atoms with E-state index < -0.39 is 0 Å². The van der Waals surface area contributed by atoms with Crippen molar-refractivity contribution in [3.05, 3.63) is 57.4 Å². The highest BCUT2D eigenvalue weighted by Gasteiger charge is 2.15. The Hall–Kier alpha value is -1.75. The minimum atomic E-state index is 0.789. The Morgan fingerprint density at radius 1 is 1.09 bits per heavy atom. The number of hydrogen-bond acceptors (Lipinski definition) is 4. The maximum Gasteiger partial charge on any atom is 0.0992 e. The molecule has 23 heavy (non-hydrogen) atoms. The Morgan fingerprint density at radius 2 is 1.96 bits per heavy atom. The number of thiophene rings is 2. The predicted molar refractivity (Wildman–Crippen MR) is 101 cm³/mol. The molecular formula is C18H13ClN2S2. The monoisotopic (exact) mass is 356 g/mol. The number of rotatable bonds is 2. The summed E-state index contributed by atoms with van der Waals surface area (Å²) in [4.78, 5) is 11.8. The van der Waals surface area contributed by atoms with Gasteiger partial charge in [0, 0.05) is 10.4 Å². The summed E-state index contributed by atoms with van der Waals surface area (Å²) in [5.41, 5.74) is 6.38. The van der Waals surface area contributed by atoms with Crippen LogP contribution in [-0.2, 0) is 0 Å². The van der Waals surface area contributed by atoms with Crippen molar-refractivity contribution in [1.29, 1.82) is 0 Å². The average Bonchev–Trinajstić information content (AvgIpc) is 3.20. The fourth-order valence-corrected chi connectivity index (χ4v) is 4.50. The van der Waals surface area contributed by atoms with E-state index in [9.17, 15) is 0 Å². The first-order valence-corrected chi connectivity index (χ1v) is 9.27. The summed E-state index contributed by atoms with van der Waals surface area (Å²) >= 11 is 9.39. The van der Waals surface area contributed by atoms with Gasteiger partial charge >= 0.3 is 0 Å². The highest BCUT2D eigenvalue weighted by Crippen LogP contribution is 2.38. The van der Waals surface area contributed by atoms with Gasteiger partial charge in [0.2, 0.25) is 0 Å². The molecule has 0 atom stereocenters. The highest BCUT2D eigenvalue weighted by atomic mass is 35.5. The first kappa shape index (κ1) is 14.8. The van der Waals surface area contributed by atoms with E-state index in [-0.39, 0.29) is 0 Å². The van der Waals surface area contributed by atoms with Gasteiger partial charge in [-0.1, -0.05) is 17.7 Å². The van der Waals surface area contributed by atoms with Crippen LogP contribution < -0.4 is 0 Å². The van der Waals surface area contributed by atoms with Gasteiger partial charge in [-0.05, 0) is 54.6 Å². The summed E-state index contributed by atoms with van der Waals surface area (Å²) in [5, 5.41) is 2.06. The molecule has 2 nitrogen and oxygen atoms in total. The van der Waals surface area contributed by atoms with Crippen LogP contribution in [0.15, 0.2) is 41.9 Å². The van der Waals surface area contributed by atoms with Crippen LogP contribution in [-0.4, -0.2) is 9.97 Å². The van der Waals surface area contributed by atoms with Gasteiger partial charge in [0.25, 0.3) is 0 Å². The Balaban J connectivity index is 2.00. The number of aryl methyl sites for hydroxylation is 1. The molecule has 114 valence electrons. The smallest absolute Gasteiger partial charge is 0.0992 e. The van der Waals surface area contributed by atoms with E-state index in [0.717, 1.165) is 36.4 Å². The first-order chi connectivity index (χ1) is 11.1. The van der Waals surface area contributed by atoms with Crippen LogP contribution in [0.4, 0.5) is 0 Å². The lowest BCUT2D eigenvalue weighted by Gasteiger charge is -2.11. The van der Waals surface area contributed by atoms with E-state index in [1.807, 2.05) is 18.3 Å². The van der Waals surface area contributed by atoms with Crippen molar-refractivity contribution in [3.8, 4) is 21.0 Å². The second kappa shape index (κ2) is 5.71. The van der Waals surface area contributed by atoms with Crippen LogP contribution in [0.5, 0.6) is 0 Å². The van der Waals surface area contributed by atoms with Crippen LogP contribution in [0.1, 0.15) is 11.1 Å². The Kier molecular flexibility index (Phi) is 3.68. The Bertz CT molecular complexity index is 1000. The number of hydrogen-bond donors (Lipinski definition) is 0. The van der Waals surface area contributed by atoms with Crippen molar-refractivity contribution in [1.82, 2.24) is 9.97 Å². The summed E-state index contributed by atoms with van der Waals surface area (Å²) in [6.45, 7) is 4.25. The molecule has 5 heteroatoms. The van der Waals surface area contributed by atoms with Crippen molar-refractivity contribution in [3.63, 3.8) is 0 Å². The van der Waals surface area contributed by atoms with Crippen molar-refractivity contribution < 1.29 is 0 Å². The van der Waals surface area contributed by atoms with E-state index in [1.54, 1.807) is 22.7 Å². The third-order valence-electron chi connectivity index (χ3n) is 3.95. The topological polar surface area (TPSA) is 25.8 Å². The third kappa shape index (κ3) is 2.57. The van der Waals surface area contributed by atoms with Crippen LogP contribution in [0, 0.1) is 13.8 Å². The molecule has 0 bridgehead atoms. The van der Waals surface area contributed by atoms with E-state index in [2.05, 4.69) is 37.4 Å². The number of nitrogens with zero attached hydrogens (tertiary/aromatic N) is 2. The molecule has 1 aromatic carbocycles. The zero-order valence-corrected chi connectivity index (χ0v) is 15.0. The molecule has 0 radical (unpaired) electrons. The molecule has 0 spiro atoms. The molecule has 3 heterocycles. The van der Waals surface area contributed by atoms with E-state index in [4.69, 9.17) is 21.6 Å². The number of aromatic nitrogens is 2. The predicted octanol–water partition coefficient (Wildman–Crippen LogP) is 6.36. The third-order valence-corrected chi connectivity index (χ3v) is 6.09. The number of fused-ring (bicyclic) bond motifs is 1. The summed E-state index contributed by atoms with van der Waals surface area (Å²) in [6, 6.07) is 10.2. The summed E-state index contributed by atoms with van der Waals surface area (Å²) in [5.74, 6) is 0. The van der Waals surface area contributed by atoms with Crippen molar-refractivity contribution in [2.24, 2.45) is 0 Å². The lowest BCUT2D eigenvalue weighted by atomic mass is 9.99. The average molecular weight is 357 g/mol. The molecule has 0 aliphatic heterocycles. The van der Waals surface area contributed by atoms with Crippen molar-refractivity contribution in [2.45, 2.75) is 13.8 Å². The zero-order valence-electron chi connectivity index (χ0n) is 12.6. The molecule has 0 amide bonds. The fourth-order valence-electron chi connectivity index (χ4n) is 2.68. The van der Waals surface area contributed by atoms with Gasteiger partial charge in [-0.3, -0.25) is 4.98 Å². The van der Waals surface area contributed by atoms with Gasteiger partial charge < -0.3 is 0 Å². The van der Waals surface area contributed by atoms with Crippen molar-refractivity contribution in [2.75, 3.05) is 0 Å². The Labute approximate surface area is 147 Å². The fraction of sp³-hybridized carbons (Fsp3) is 0.111. The minimum Gasteiger partial charge on any atom is -0.252 e. The molecule has 0 fully saturated rings. The minimum absolute atomic E-state index is 0.789. The van der Waals surface area contributed by atoms with Gasteiger partial charge in [0.1, 0.15) is 0 Å². The van der Waals surface area contributed by atoms with Crippen LogP contribution in [0.25, 0.3) is 32.0 Å². The second-order valence-corrected chi connectivity index (χ2v) is 8.06. The quantitative estimate of drug-likeness (QED) is 0.417. The van der Waals surface area contributed by atoms with Crippen LogP contribution in [0.3, 0.4) is 0 Å². The summed E-state index contributed by atoms with van der Waals surface area (Å²) < 4.78 is 0.789. The lowest BCUT2D eigenvalue weighted by molar-refractivity contribution is 1.27. The van der Waals surface area contributed by atoms with Crippen molar-refractivity contribution >= 4 is 45.3 Å². The lowest BCUT2D eigenvalue weighted by Crippen LogP contribution is -1.94. The van der Waals surface area contributed by atoms with Gasteiger partial charge in [-0.2, -0.15) is 0 Å². The van der Waals surface area contributed by atoms with E-state index in [0.29, 0.717) is 0 Å². The highest BCUT2D eigenvalue weighted by molar-refractivity contribution is 7.19. The number of benzene rings is 1. The molecule has 3 aromatic heterocycles. The van der Waals surface area contributed by atoms with Gasteiger partial charge in [0.15, 0.2) is 0 Å². The normalized spacial score (nSPS) is 11.3. The molecule has 0 aliphatic carbocycles. The van der Waals surface area contributed by atoms with Gasteiger partial charge in [-0.25, -0.2) is 4.98 Å². The summed E-state index contributed by atoms with van der Waals surface area (Å²) in [6.07, 6.45) is 1.86. The van der Waals surface area contributed by atoms with E-state index >= 15 is 0 Å². The van der Waals surface area contributed by atoms with Crippen LogP contribution in [0.2, 0.25) is 4.34 Å². The second-order valence-electron chi connectivity index (χ2n) is 5.40. The SMILES string of the molecule is Cc1cc2nc(-c3cccs3)cnc2c(-c2ccc(Cl)s2)c1C. The largest absolute Gasteiger partial charge is 0.252 e. The maximum absolute atomic E-state index is 6.13. The first-order valence-electron chi connectivity index (χ1n) is 7.20. The summed E-state index contributed by atoms with van der Waals surface area (Å²) in [7, 11) is 0. The molecule has 0 saturated heterocycles. The zero-order chi connectivity index (χ0) is 16.0. The van der Waals surface area contributed by atoms with Gasteiger partial charge in [0.05, 0.1) is 32.1 Å². The molecule has 0 N–H and O–H groups in total. The molecule has 0 unspecified atom stereocenters. The van der Waals surface area contributed by atoms with Gasteiger partial charge in [-0.15, -0.1) is 22.7 Å².